The summed E-state index contributed by atoms with van der Waals surface area (Å²) in [6.45, 7) is 20.4. The summed E-state index contributed by atoms with van der Waals surface area (Å²) in [6, 6.07) is 4.80. The molecule has 1 fully saturated rings. The Morgan fingerprint density at radius 3 is 2.54 bits per heavy atom. The lowest BCUT2D eigenvalue weighted by Gasteiger charge is -2.38. The Morgan fingerprint density at radius 2 is 1.85 bits per heavy atom. The van der Waals surface area contributed by atoms with Crippen molar-refractivity contribution in [2.75, 3.05) is 75.8 Å². The van der Waals surface area contributed by atoms with Crippen LogP contribution in [0, 0.1) is 13.8 Å². The number of anilines is 2. The first kappa shape index (κ1) is 30.5. The highest BCUT2D eigenvalue weighted by molar-refractivity contribution is 5.91. The van der Waals surface area contributed by atoms with E-state index in [9.17, 15) is 4.79 Å². The summed E-state index contributed by atoms with van der Waals surface area (Å²) in [5.41, 5.74) is 7.03. The highest BCUT2D eigenvalue weighted by Gasteiger charge is 2.29. The topological polar surface area (TPSA) is 77.4 Å². The van der Waals surface area contributed by atoms with E-state index in [1.165, 1.54) is 28.5 Å². The monoisotopic (exact) mass is 563 g/mol. The Morgan fingerprint density at radius 1 is 1.10 bits per heavy atom. The standard InChI is InChI=1S/C32H47N7O2.H2/c1-7-14-36(9-3)15-10-21-41-32-34-28-23-39(30-25(5)12-11-24(4)27(30)22-33-6)16-13-26(28)31(35-32)38-19-17-37(18-20-38)29(40)8-2;/h8,11-12,22H,2,7,9-10,13-21,23H2,1,3-6H3;1H. The molecule has 1 amide bonds. The molecule has 3 heterocycles. The zero-order chi connectivity index (χ0) is 29.4. The number of piperazine rings is 1. The van der Waals surface area contributed by atoms with Gasteiger partial charge in [-0.3, -0.25) is 9.79 Å². The van der Waals surface area contributed by atoms with E-state index in [1.54, 1.807) is 0 Å². The molecule has 4 rings (SSSR count). The highest BCUT2D eigenvalue weighted by atomic mass is 16.5. The van der Waals surface area contributed by atoms with Gasteiger partial charge in [-0.25, -0.2) is 0 Å². The van der Waals surface area contributed by atoms with Crippen LogP contribution in [0.4, 0.5) is 11.5 Å². The van der Waals surface area contributed by atoms with Crippen LogP contribution in [0.15, 0.2) is 29.8 Å². The van der Waals surface area contributed by atoms with Crippen LogP contribution < -0.4 is 14.5 Å². The third-order valence-electron chi connectivity index (χ3n) is 8.14. The van der Waals surface area contributed by atoms with E-state index < -0.39 is 0 Å². The summed E-state index contributed by atoms with van der Waals surface area (Å²) in [6.07, 6.45) is 6.29. The van der Waals surface area contributed by atoms with Crippen LogP contribution in [0.5, 0.6) is 6.01 Å². The van der Waals surface area contributed by atoms with E-state index in [-0.39, 0.29) is 7.33 Å². The van der Waals surface area contributed by atoms with Crippen molar-refractivity contribution in [3.05, 3.63) is 52.7 Å². The molecule has 2 aromatic rings. The summed E-state index contributed by atoms with van der Waals surface area (Å²) in [4.78, 5) is 35.5. The van der Waals surface area contributed by atoms with E-state index in [0.717, 1.165) is 75.6 Å². The molecule has 0 unspecified atom stereocenters. The van der Waals surface area contributed by atoms with Crippen LogP contribution in [0.3, 0.4) is 0 Å². The Labute approximate surface area is 247 Å². The number of amides is 1. The molecule has 1 aromatic carbocycles. The summed E-state index contributed by atoms with van der Waals surface area (Å²) < 4.78 is 6.21. The maximum absolute atomic E-state index is 12.2. The molecule has 224 valence electrons. The second-order valence-electron chi connectivity index (χ2n) is 10.9. The van der Waals surface area contributed by atoms with Gasteiger partial charge in [-0.15, -0.1) is 0 Å². The van der Waals surface area contributed by atoms with Gasteiger partial charge in [-0.2, -0.15) is 9.97 Å². The van der Waals surface area contributed by atoms with E-state index in [4.69, 9.17) is 14.7 Å². The average molecular weight is 564 g/mol. The van der Waals surface area contributed by atoms with Crippen LogP contribution in [0.1, 0.15) is 56.1 Å². The molecule has 2 aliphatic heterocycles. The van der Waals surface area contributed by atoms with E-state index in [0.29, 0.717) is 32.3 Å². The fourth-order valence-electron chi connectivity index (χ4n) is 5.90. The van der Waals surface area contributed by atoms with Gasteiger partial charge in [-0.05, 0) is 63.4 Å². The van der Waals surface area contributed by atoms with E-state index in [1.807, 2.05) is 18.2 Å². The van der Waals surface area contributed by atoms with Crippen LogP contribution in [-0.4, -0.2) is 97.9 Å². The largest absolute Gasteiger partial charge is 0.463 e. The van der Waals surface area contributed by atoms with Crippen LogP contribution in [0.2, 0.25) is 0 Å². The summed E-state index contributed by atoms with van der Waals surface area (Å²) >= 11 is 0. The van der Waals surface area contributed by atoms with Gasteiger partial charge in [-0.1, -0.05) is 32.6 Å². The summed E-state index contributed by atoms with van der Waals surface area (Å²) in [5.74, 6) is 0.936. The summed E-state index contributed by atoms with van der Waals surface area (Å²) in [7, 11) is 1.82. The van der Waals surface area contributed by atoms with Gasteiger partial charge in [0, 0.05) is 70.8 Å². The van der Waals surface area contributed by atoms with Crippen LogP contribution in [-0.2, 0) is 17.8 Å². The van der Waals surface area contributed by atoms with Gasteiger partial charge in [0.1, 0.15) is 5.82 Å². The number of hydrogen-bond acceptors (Lipinski definition) is 8. The minimum Gasteiger partial charge on any atom is -0.463 e. The first-order chi connectivity index (χ1) is 19.9. The first-order valence-corrected chi connectivity index (χ1v) is 15.1. The predicted octanol–water partition coefficient (Wildman–Crippen LogP) is 4.29. The smallest absolute Gasteiger partial charge is 0.318 e. The molecule has 9 heteroatoms. The number of aryl methyl sites for hydroxylation is 2. The molecule has 0 bridgehead atoms. The molecule has 1 saturated heterocycles. The number of aromatic nitrogens is 2. The van der Waals surface area contributed by atoms with Gasteiger partial charge in [0.05, 0.1) is 18.8 Å². The maximum atomic E-state index is 12.2. The van der Waals surface area contributed by atoms with Gasteiger partial charge in [0.2, 0.25) is 5.91 Å². The minimum atomic E-state index is -0.0156. The van der Waals surface area contributed by atoms with Crippen molar-refractivity contribution in [1.82, 2.24) is 19.8 Å². The minimum absolute atomic E-state index is 0. The molecule has 41 heavy (non-hydrogen) atoms. The third-order valence-corrected chi connectivity index (χ3v) is 8.14. The Hall–Kier alpha value is -3.46. The molecule has 0 saturated carbocycles. The number of rotatable bonds is 12. The predicted molar refractivity (Wildman–Crippen MR) is 170 cm³/mol. The number of benzene rings is 1. The zero-order valence-electron chi connectivity index (χ0n) is 25.7. The number of ether oxygens (including phenoxy) is 1. The fourth-order valence-corrected chi connectivity index (χ4v) is 5.90. The van der Waals surface area contributed by atoms with Crippen LogP contribution in [0.25, 0.3) is 0 Å². The average Bonchev–Trinajstić information content (AvgIpc) is 2.99. The van der Waals surface area contributed by atoms with Crippen molar-refractivity contribution in [3.63, 3.8) is 0 Å². The Bertz CT molecular complexity index is 1240. The number of nitrogens with zero attached hydrogens (tertiary/aromatic N) is 7. The Balaban J connectivity index is 0.00000484. The molecule has 0 radical (unpaired) electrons. The number of aliphatic imine (C=N–C) groups is 1. The van der Waals surface area contributed by atoms with Crippen molar-refractivity contribution in [2.24, 2.45) is 4.99 Å². The number of hydrogen-bond donors (Lipinski definition) is 0. The molecule has 2 aliphatic rings. The second-order valence-corrected chi connectivity index (χ2v) is 10.9. The summed E-state index contributed by atoms with van der Waals surface area (Å²) in [5, 5.41) is 0. The van der Waals surface area contributed by atoms with Gasteiger partial charge in [0.15, 0.2) is 0 Å². The lowest BCUT2D eigenvalue weighted by atomic mass is 9.98. The quantitative estimate of drug-likeness (QED) is 0.217. The second kappa shape index (κ2) is 14.4. The number of carbonyl (C=O) groups is 1. The van der Waals surface area contributed by atoms with E-state index >= 15 is 0 Å². The molecule has 0 aliphatic carbocycles. The van der Waals surface area contributed by atoms with Gasteiger partial charge < -0.3 is 24.3 Å². The molecule has 0 atom stereocenters. The highest BCUT2D eigenvalue weighted by Crippen LogP contribution is 2.34. The van der Waals surface area contributed by atoms with Crippen LogP contribution >= 0.6 is 0 Å². The van der Waals surface area contributed by atoms with Crippen molar-refractivity contribution >= 4 is 23.6 Å². The SMILES string of the molecule is C=CC(=O)N1CCN(c2nc(OCCCN(CC)CCC)nc3c2CCN(c2c(C)ccc(C)c2C=NC)C3)CC1.[HH]. The fraction of sp³-hybridized carbons (Fsp3) is 0.562. The zero-order valence-corrected chi connectivity index (χ0v) is 25.7. The first-order valence-electron chi connectivity index (χ1n) is 15.1. The van der Waals surface area contributed by atoms with Crippen molar-refractivity contribution in [2.45, 2.75) is 53.5 Å². The Kier molecular flexibility index (Phi) is 10.7. The number of fused-ring (bicyclic) bond motifs is 1. The third kappa shape index (κ3) is 7.25. The molecule has 0 N–H and O–H groups in total. The van der Waals surface area contributed by atoms with Gasteiger partial charge >= 0.3 is 6.01 Å². The van der Waals surface area contributed by atoms with Crippen molar-refractivity contribution in [1.29, 1.82) is 0 Å². The lowest BCUT2D eigenvalue weighted by molar-refractivity contribution is -0.126. The van der Waals surface area contributed by atoms with Crippen molar-refractivity contribution < 1.29 is 11.0 Å². The maximum Gasteiger partial charge on any atom is 0.318 e. The molecular formula is C32H49N7O2. The van der Waals surface area contributed by atoms with Gasteiger partial charge in [0.25, 0.3) is 0 Å². The number of carbonyl (C=O) groups excluding carboxylic acids is 1. The normalized spacial score (nSPS) is 15.5. The molecular weight excluding hydrogens is 514 g/mol. The lowest BCUT2D eigenvalue weighted by Crippen LogP contribution is -2.49. The van der Waals surface area contributed by atoms with Crippen molar-refractivity contribution in [3.8, 4) is 6.01 Å². The molecule has 9 nitrogen and oxygen atoms in total. The molecule has 1 aromatic heterocycles. The van der Waals surface area contributed by atoms with E-state index in [2.05, 4.69) is 66.1 Å². The molecule has 0 spiro atoms.